The minimum Gasteiger partial charge on any atom is -0.379 e. The highest BCUT2D eigenvalue weighted by molar-refractivity contribution is 4.54. The molecule has 0 N–H and O–H groups in total. The molecule has 0 saturated carbocycles. The van der Waals surface area contributed by atoms with Gasteiger partial charge in [0.15, 0.2) is 0 Å². The Labute approximate surface area is 242 Å². The van der Waals surface area contributed by atoms with E-state index in [0.717, 1.165) is 19.8 Å². The summed E-state index contributed by atoms with van der Waals surface area (Å²) < 4.78 is 11.7. The Hall–Kier alpha value is -0.0800. The third-order valence-corrected chi connectivity index (χ3v) is 8.24. The molecule has 1 unspecified atom stereocenters. The quantitative estimate of drug-likeness (QED) is 0.0758. The Kier molecular flexibility index (Phi) is 34.9. The highest BCUT2D eigenvalue weighted by Crippen LogP contribution is 2.15. The molecule has 0 fully saturated rings. The summed E-state index contributed by atoms with van der Waals surface area (Å²) in [6, 6.07) is 0. The predicted molar refractivity (Wildman–Crippen MR) is 171 cm³/mol. The number of rotatable bonds is 34. The van der Waals surface area contributed by atoms with Crippen LogP contribution in [-0.4, -0.2) is 25.9 Å². The van der Waals surface area contributed by atoms with Crippen molar-refractivity contribution in [1.29, 1.82) is 0 Å². The van der Waals surface area contributed by atoms with E-state index in [1.165, 1.54) is 186 Å². The van der Waals surface area contributed by atoms with Gasteiger partial charge in [-0.3, -0.25) is 0 Å². The first-order valence-corrected chi connectivity index (χ1v) is 18.0. The average molecular weight is 539 g/mol. The zero-order valence-corrected chi connectivity index (χ0v) is 27.0. The molecule has 0 saturated heterocycles. The normalized spacial score (nSPS) is 12.4. The Morgan fingerprint density at radius 3 is 1.03 bits per heavy atom. The summed E-state index contributed by atoms with van der Waals surface area (Å²) >= 11 is 0. The summed E-state index contributed by atoms with van der Waals surface area (Å²) in [6.45, 7) is 9.27. The van der Waals surface area contributed by atoms with Crippen molar-refractivity contribution in [2.75, 3.05) is 19.8 Å². The van der Waals surface area contributed by atoms with Crippen molar-refractivity contribution in [3.05, 3.63) is 0 Å². The van der Waals surface area contributed by atoms with Gasteiger partial charge in [-0.1, -0.05) is 187 Å². The topological polar surface area (TPSA) is 18.5 Å². The smallest absolute Gasteiger partial charge is 0.0704 e. The fourth-order valence-electron chi connectivity index (χ4n) is 5.52. The first kappa shape index (κ1) is 37.9. The minimum absolute atomic E-state index is 0.386. The van der Waals surface area contributed by atoms with Crippen LogP contribution in [-0.2, 0) is 9.47 Å². The first-order chi connectivity index (χ1) is 18.8. The molecule has 230 valence electrons. The van der Waals surface area contributed by atoms with Crippen molar-refractivity contribution in [2.45, 2.75) is 213 Å². The fourth-order valence-corrected chi connectivity index (χ4v) is 5.52. The van der Waals surface area contributed by atoms with Crippen LogP contribution in [0, 0.1) is 0 Å². The van der Waals surface area contributed by atoms with Crippen molar-refractivity contribution in [3.8, 4) is 0 Å². The second kappa shape index (κ2) is 34.9. The second-order valence-corrected chi connectivity index (χ2v) is 12.3. The average Bonchev–Trinajstić information content (AvgIpc) is 2.92. The third kappa shape index (κ3) is 33.9. The zero-order valence-electron chi connectivity index (χ0n) is 27.0. The molecule has 0 amide bonds. The van der Waals surface area contributed by atoms with Crippen LogP contribution in [0.25, 0.3) is 0 Å². The van der Waals surface area contributed by atoms with Crippen molar-refractivity contribution >= 4 is 0 Å². The number of hydrogen-bond acceptors (Lipinski definition) is 2. The molecule has 0 aromatic carbocycles. The van der Waals surface area contributed by atoms with Crippen LogP contribution in [0.1, 0.15) is 207 Å². The van der Waals surface area contributed by atoms with Crippen molar-refractivity contribution < 1.29 is 9.47 Å². The van der Waals surface area contributed by atoms with Gasteiger partial charge in [0.05, 0.1) is 19.3 Å². The molecule has 2 heteroatoms. The molecular weight excluding hydrogens is 464 g/mol. The maximum atomic E-state index is 5.95. The molecule has 2 nitrogen and oxygen atoms in total. The van der Waals surface area contributed by atoms with Gasteiger partial charge in [0, 0.05) is 6.61 Å². The molecule has 0 rings (SSSR count). The van der Waals surface area contributed by atoms with E-state index in [2.05, 4.69) is 20.8 Å². The van der Waals surface area contributed by atoms with Gasteiger partial charge in [0.1, 0.15) is 0 Å². The van der Waals surface area contributed by atoms with E-state index < -0.39 is 0 Å². The third-order valence-electron chi connectivity index (χ3n) is 8.24. The van der Waals surface area contributed by atoms with E-state index >= 15 is 0 Å². The molecule has 0 heterocycles. The van der Waals surface area contributed by atoms with E-state index in [1.54, 1.807) is 0 Å². The maximum absolute atomic E-state index is 5.95. The number of unbranched alkanes of at least 4 members (excludes halogenated alkanes) is 26. The first-order valence-electron chi connectivity index (χ1n) is 18.0. The summed E-state index contributed by atoms with van der Waals surface area (Å²) in [5.74, 6) is 0. The van der Waals surface area contributed by atoms with E-state index in [1.807, 2.05) is 0 Å². The van der Waals surface area contributed by atoms with Crippen LogP contribution in [0.3, 0.4) is 0 Å². The largest absolute Gasteiger partial charge is 0.379 e. The fraction of sp³-hybridized carbons (Fsp3) is 1.00. The van der Waals surface area contributed by atoms with E-state index in [4.69, 9.17) is 9.47 Å². The maximum Gasteiger partial charge on any atom is 0.0704 e. The van der Waals surface area contributed by atoms with Gasteiger partial charge in [-0.2, -0.15) is 0 Å². The molecule has 0 spiro atoms. The Bertz CT molecular complexity index is 397. The van der Waals surface area contributed by atoms with Crippen LogP contribution in [0.15, 0.2) is 0 Å². The molecule has 1 atom stereocenters. The monoisotopic (exact) mass is 539 g/mol. The van der Waals surface area contributed by atoms with Crippen LogP contribution < -0.4 is 0 Å². The summed E-state index contributed by atoms with van der Waals surface area (Å²) in [4.78, 5) is 0. The van der Waals surface area contributed by atoms with Gasteiger partial charge >= 0.3 is 0 Å². The van der Waals surface area contributed by atoms with Crippen molar-refractivity contribution in [1.82, 2.24) is 0 Å². The summed E-state index contributed by atoms with van der Waals surface area (Å²) in [5.41, 5.74) is 0. The lowest BCUT2D eigenvalue weighted by Gasteiger charge is -2.13. The molecule has 0 aliphatic carbocycles. The summed E-state index contributed by atoms with van der Waals surface area (Å²) in [7, 11) is 0. The lowest BCUT2D eigenvalue weighted by atomic mass is 10.0. The van der Waals surface area contributed by atoms with Crippen LogP contribution in [0.2, 0.25) is 0 Å². The second-order valence-electron chi connectivity index (χ2n) is 12.3. The zero-order chi connectivity index (χ0) is 27.6. The van der Waals surface area contributed by atoms with Gasteiger partial charge < -0.3 is 9.47 Å². The molecular formula is C36H74O2. The van der Waals surface area contributed by atoms with E-state index in [0.29, 0.717) is 6.10 Å². The van der Waals surface area contributed by atoms with Gasteiger partial charge in [-0.25, -0.2) is 0 Å². The molecule has 0 aromatic rings. The molecule has 0 bridgehead atoms. The lowest BCUT2D eigenvalue weighted by molar-refractivity contribution is 0.00754. The molecule has 0 aliphatic heterocycles. The highest BCUT2D eigenvalue weighted by Gasteiger charge is 2.02. The van der Waals surface area contributed by atoms with E-state index in [-0.39, 0.29) is 0 Å². The Morgan fingerprint density at radius 2 is 0.658 bits per heavy atom. The predicted octanol–water partition coefficient (Wildman–Crippen LogP) is 12.8. The molecule has 0 aromatic heterocycles. The van der Waals surface area contributed by atoms with Gasteiger partial charge in [-0.05, 0) is 19.8 Å². The highest BCUT2D eigenvalue weighted by atomic mass is 16.5. The standard InChI is InChI=1S/C36H74O2/c1-4-6-8-10-12-14-16-18-19-20-21-23-25-27-29-31-33-37-34-35-38-36(3)32-30-28-26-24-22-17-15-13-11-9-7-5-2/h36H,4-35H2,1-3H3. The van der Waals surface area contributed by atoms with Crippen LogP contribution in [0.5, 0.6) is 0 Å². The van der Waals surface area contributed by atoms with Crippen LogP contribution >= 0.6 is 0 Å². The summed E-state index contributed by atoms with van der Waals surface area (Å²) in [6.07, 6.45) is 41.3. The summed E-state index contributed by atoms with van der Waals surface area (Å²) in [5, 5.41) is 0. The van der Waals surface area contributed by atoms with E-state index in [9.17, 15) is 0 Å². The Balaban J connectivity index is 3.12. The minimum atomic E-state index is 0.386. The Morgan fingerprint density at radius 1 is 0.342 bits per heavy atom. The van der Waals surface area contributed by atoms with Crippen molar-refractivity contribution in [3.63, 3.8) is 0 Å². The van der Waals surface area contributed by atoms with Gasteiger partial charge in [0.25, 0.3) is 0 Å². The number of hydrogen-bond donors (Lipinski definition) is 0. The van der Waals surface area contributed by atoms with Crippen molar-refractivity contribution in [2.24, 2.45) is 0 Å². The SMILES string of the molecule is CCCCCCCCCCCCCCCCCCOCCOC(C)CCCCCCCCCCCCCC. The number of ether oxygens (including phenoxy) is 2. The lowest BCUT2D eigenvalue weighted by Crippen LogP contribution is -2.13. The molecule has 38 heavy (non-hydrogen) atoms. The van der Waals surface area contributed by atoms with Gasteiger partial charge in [0.2, 0.25) is 0 Å². The van der Waals surface area contributed by atoms with Gasteiger partial charge in [-0.15, -0.1) is 0 Å². The molecule has 0 aliphatic rings. The molecule has 0 radical (unpaired) electrons. The van der Waals surface area contributed by atoms with Crippen LogP contribution in [0.4, 0.5) is 0 Å².